The molecule has 6 heteroatoms. The maximum absolute atomic E-state index is 11.8. The van der Waals surface area contributed by atoms with E-state index < -0.39 is 17.8 Å². The number of hydrogen-bond donors (Lipinski definition) is 3. The van der Waals surface area contributed by atoms with Crippen molar-refractivity contribution < 1.29 is 14.6 Å². The predicted molar refractivity (Wildman–Crippen MR) is 117 cm³/mol. The van der Waals surface area contributed by atoms with E-state index in [0.29, 0.717) is 19.6 Å². The topological polar surface area (TPSA) is 75.5 Å². The summed E-state index contributed by atoms with van der Waals surface area (Å²) in [5, 5.41) is 19.0. The molecule has 3 rings (SSSR count). The lowest BCUT2D eigenvalue weighted by molar-refractivity contribution is 0.0507. The first kappa shape index (κ1) is 21.1. The standard InChI is InChI=1S/C23H31N3O3/c1-16(25-22(28)29-23(2,3)4)13-24-14-17(27)15-26-20-11-7-5-9-18(20)19-10-6-8-12-21(19)26/h5-12,16-17,24,27H,13-15H2,1-4H3,(H,25,28). The summed E-state index contributed by atoms with van der Waals surface area (Å²) < 4.78 is 7.42. The SMILES string of the molecule is CC(CNCC(O)Cn1c2ccccc2c2ccccc21)NC(=O)OC(C)(C)C. The van der Waals surface area contributed by atoms with E-state index in [-0.39, 0.29) is 6.04 Å². The van der Waals surface area contributed by atoms with Crippen molar-refractivity contribution in [2.75, 3.05) is 13.1 Å². The van der Waals surface area contributed by atoms with E-state index in [2.05, 4.69) is 39.5 Å². The fraction of sp³-hybridized carbons (Fsp3) is 0.435. The molecule has 6 nitrogen and oxygen atoms in total. The van der Waals surface area contributed by atoms with Gasteiger partial charge < -0.3 is 25.0 Å². The molecule has 0 saturated carbocycles. The van der Waals surface area contributed by atoms with Crippen molar-refractivity contribution in [2.45, 2.75) is 52.0 Å². The molecule has 0 aliphatic heterocycles. The van der Waals surface area contributed by atoms with E-state index in [0.717, 1.165) is 11.0 Å². The third kappa shape index (κ3) is 5.49. The van der Waals surface area contributed by atoms with E-state index in [1.807, 2.05) is 52.0 Å². The van der Waals surface area contributed by atoms with Crippen LogP contribution in [0.15, 0.2) is 48.5 Å². The molecular formula is C23H31N3O3. The molecule has 0 aliphatic rings. The molecule has 29 heavy (non-hydrogen) atoms. The Balaban J connectivity index is 1.56. The van der Waals surface area contributed by atoms with Gasteiger partial charge >= 0.3 is 6.09 Å². The number of nitrogens with zero attached hydrogens (tertiary/aromatic N) is 1. The van der Waals surface area contributed by atoms with Crippen LogP contribution in [0.1, 0.15) is 27.7 Å². The van der Waals surface area contributed by atoms with Crippen LogP contribution in [-0.4, -0.2) is 46.6 Å². The van der Waals surface area contributed by atoms with Gasteiger partial charge in [0, 0.05) is 40.9 Å². The number of benzene rings is 2. The summed E-state index contributed by atoms with van der Waals surface area (Å²) in [6.07, 6.45) is -0.986. The molecule has 1 amide bonds. The summed E-state index contributed by atoms with van der Waals surface area (Å²) in [6, 6.07) is 16.4. The highest BCUT2D eigenvalue weighted by atomic mass is 16.6. The Morgan fingerprint density at radius 3 is 2.14 bits per heavy atom. The zero-order valence-corrected chi connectivity index (χ0v) is 17.6. The number of para-hydroxylation sites is 2. The second-order valence-electron chi connectivity index (χ2n) is 8.50. The van der Waals surface area contributed by atoms with E-state index >= 15 is 0 Å². The van der Waals surface area contributed by atoms with E-state index in [1.165, 1.54) is 10.8 Å². The van der Waals surface area contributed by atoms with Gasteiger partial charge in [0.1, 0.15) is 5.60 Å². The number of aliphatic hydroxyl groups excluding tert-OH is 1. The van der Waals surface area contributed by atoms with E-state index in [9.17, 15) is 9.90 Å². The average Bonchev–Trinajstić information content (AvgIpc) is 2.94. The quantitative estimate of drug-likeness (QED) is 0.569. The van der Waals surface area contributed by atoms with Crippen molar-refractivity contribution in [3.8, 4) is 0 Å². The summed E-state index contributed by atoms with van der Waals surface area (Å²) >= 11 is 0. The second kappa shape index (κ2) is 8.84. The number of alkyl carbamates (subject to hydrolysis) is 1. The maximum Gasteiger partial charge on any atom is 0.407 e. The van der Waals surface area contributed by atoms with Crippen LogP contribution in [0, 0.1) is 0 Å². The highest BCUT2D eigenvalue weighted by Crippen LogP contribution is 2.28. The molecule has 0 saturated heterocycles. The number of aliphatic hydroxyl groups is 1. The fourth-order valence-electron chi connectivity index (χ4n) is 3.50. The van der Waals surface area contributed by atoms with E-state index in [1.54, 1.807) is 0 Å². The van der Waals surface area contributed by atoms with Crippen LogP contribution in [-0.2, 0) is 11.3 Å². The average molecular weight is 398 g/mol. The van der Waals surface area contributed by atoms with Crippen molar-refractivity contribution in [3.05, 3.63) is 48.5 Å². The molecule has 2 unspecified atom stereocenters. The Morgan fingerprint density at radius 2 is 1.59 bits per heavy atom. The molecule has 1 heterocycles. The summed E-state index contributed by atoms with van der Waals surface area (Å²) in [6.45, 7) is 8.87. The van der Waals surface area contributed by atoms with Gasteiger partial charge in [0.25, 0.3) is 0 Å². The lowest BCUT2D eigenvalue weighted by Gasteiger charge is -2.22. The first-order valence-corrected chi connectivity index (χ1v) is 10.1. The van der Waals surface area contributed by atoms with Gasteiger partial charge in [0.15, 0.2) is 0 Å². The molecule has 156 valence electrons. The Kier molecular flexibility index (Phi) is 6.45. The smallest absolute Gasteiger partial charge is 0.407 e. The predicted octanol–water partition coefficient (Wildman–Crippen LogP) is 3.66. The maximum atomic E-state index is 11.8. The Hall–Kier alpha value is -2.57. The molecule has 3 aromatic rings. The van der Waals surface area contributed by atoms with E-state index in [4.69, 9.17) is 4.74 Å². The first-order chi connectivity index (χ1) is 13.7. The van der Waals surface area contributed by atoms with Gasteiger partial charge in [0.05, 0.1) is 12.6 Å². The van der Waals surface area contributed by atoms with Crippen molar-refractivity contribution >= 4 is 27.9 Å². The third-order valence-corrected chi connectivity index (χ3v) is 4.67. The lowest BCUT2D eigenvalue weighted by Crippen LogP contribution is -2.44. The number of hydrogen-bond acceptors (Lipinski definition) is 4. The largest absolute Gasteiger partial charge is 0.444 e. The van der Waals surface area contributed by atoms with Crippen molar-refractivity contribution in [2.24, 2.45) is 0 Å². The molecule has 0 aliphatic carbocycles. The molecule has 0 bridgehead atoms. The van der Waals surface area contributed by atoms with Crippen molar-refractivity contribution in [3.63, 3.8) is 0 Å². The van der Waals surface area contributed by atoms with Gasteiger partial charge in [0.2, 0.25) is 0 Å². The van der Waals surface area contributed by atoms with Gasteiger partial charge in [-0.1, -0.05) is 36.4 Å². The van der Waals surface area contributed by atoms with Crippen LogP contribution >= 0.6 is 0 Å². The minimum Gasteiger partial charge on any atom is -0.444 e. The number of aromatic nitrogens is 1. The molecule has 3 N–H and O–H groups in total. The second-order valence-corrected chi connectivity index (χ2v) is 8.50. The molecule has 2 aromatic carbocycles. The zero-order chi connectivity index (χ0) is 21.0. The number of fused-ring (bicyclic) bond motifs is 3. The number of carbonyl (C=O) groups is 1. The minimum atomic E-state index is -0.553. The normalized spacial score (nSPS) is 14.1. The molecular weight excluding hydrogens is 366 g/mol. The number of amides is 1. The molecule has 0 fully saturated rings. The van der Waals surface area contributed by atoms with Crippen LogP contribution < -0.4 is 10.6 Å². The van der Waals surface area contributed by atoms with Crippen molar-refractivity contribution in [1.82, 2.24) is 15.2 Å². The van der Waals surface area contributed by atoms with Crippen LogP contribution in [0.4, 0.5) is 4.79 Å². The lowest BCUT2D eigenvalue weighted by atomic mass is 10.2. The zero-order valence-electron chi connectivity index (χ0n) is 17.6. The van der Waals surface area contributed by atoms with Crippen molar-refractivity contribution in [1.29, 1.82) is 0 Å². The van der Waals surface area contributed by atoms with Gasteiger partial charge in [-0.2, -0.15) is 0 Å². The Labute approximate surface area is 171 Å². The summed E-state index contributed by atoms with van der Waals surface area (Å²) in [5.74, 6) is 0. The highest BCUT2D eigenvalue weighted by molar-refractivity contribution is 6.07. The van der Waals surface area contributed by atoms with Crippen LogP contribution in [0.2, 0.25) is 0 Å². The van der Waals surface area contributed by atoms with Crippen LogP contribution in [0.3, 0.4) is 0 Å². The van der Waals surface area contributed by atoms with Crippen LogP contribution in [0.25, 0.3) is 21.8 Å². The van der Waals surface area contributed by atoms with Gasteiger partial charge in [-0.25, -0.2) is 4.79 Å². The summed E-state index contributed by atoms with van der Waals surface area (Å²) in [5.41, 5.74) is 1.72. The molecule has 0 spiro atoms. The Morgan fingerprint density at radius 1 is 1.03 bits per heavy atom. The minimum absolute atomic E-state index is 0.106. The molecule has 2 atom stereocenters. The molecule has 1 aromatic heterocycles. The van der Waals surface area contributed by atoms with Gasteiger partial charge in [-0.3, -0.25) is 0 Å². The fourth-order valence-corrected chi connectivity index (χ4v) is 3.50. The number of ether oxygens (including phenoxy) is 1. The summed E-state index contributed by atoms with van der Waals surface area (Å²) in [7, 11) is 0. The Bertz CT molecular complexity index is 921. The highest BCUT2D eigenvalue weighted by Gasteiger charge is 2.18. The van der Waals surface area contributed by atoms with Gasteiger partial charge in [-0.05, 0) is 39.8 Å². The number of rotatable bonds is 7. The number of nitrogens with one attached hydrogen (secondary N) is 2. The monoisotopic (exact) mass is 397 g/mol. The number of carbonyl (C=O) groups excluding carboxylic acids is 1. The van der Waals surface area contributed by atoms with Crippen LogP contribution in [0.5, 0.6) is 0 Å². The third-order valence-electron chi connectivity index (χ3n) is 4.67. The first-order valence-electron chi connectivity index (χ1n) is 10.1. The molecule has 0 radical (unpaired) electrons. The summed E-state index contributed by atoms with van der Waals surface area (Å²) in [4.78, 5) is 11.8. The van der Waals surface area contributed by atoms with Gasteiger partial charge in [-0.15, -0.1) is 0 Å².